The zero-order valence-electron chi connectivity index (χ0n) is 17.1. The first-order chi connectivity index (χ1) is 14.8. The van der Waals surface area contributed by atoms with Crippen LogP contribution in [0.4, 0.5) is 29.5 Å². The highest BCUT2D eigenvalue weighted by Crippen LogP contribution is 2.38. The highest BCUT2D eigenvalue weighted by atomic mass is 32.1. The molecule has 0 saturated heterocycles. The van der Waals surface area contributed by atoms with E-state index in [1.165, 1.54) is 25.9 Å². The number of halogens is 3. The molecule has 0 aliphatic rings. The summed E-state index contributed by atoms with van der Waals surface area (Å²) in [6, 6.07) is 2.15. The summed E-state index contributed by atoms with van der Waals surface area (Å²) < 4.78 is 44.9. The first-order valence-corrected chi connectivity index (χ1v) is 9.87. The number of ether oxygens (including phenoxy) is 1. The second-order valence-corrected chi connectivity index (χ2v) is 7.94. The van der Waals surface area contributed by atoms with Crippen molar-refractivity contribution in [3.05, 3.63) is 49.9 Å². The fraction of sp³-hybridized carbons (Fsp3) is 0.278. The maximum atomic E-state index is 13.4. The molecule has 0 atom stereocenters. The van der Waals surface area contributed by atoms with Gasteiger partial charge in [0.05, 0.1) is 33.7 Å². The number of alkyl halides is 3. The van der Waals surface area contributed by atoms with Crippen molar-refractivity contribution in [1.29, 1.82) is 0 Å². The monoisotopic (exact) mass is 490 g/mol. The van der Waals surface area contributed by atoms with E-state index in [2.05, 4.69) is 10.6 Å². The number of amides is 1. The minimum atomic E-state index is -4.90. The fourth-order valence-corrected chi connectivity index (χ4v) is 4.10. The van der Waals surface area contributed by atoms with Crippen LogP contribution in [0.5, 0.6) is 0 Å². The third kappa shape index (κ3) is 5.31. The Morgan fingerprint density at radius 2 is 1.88 bits per heavy atom. The molecule has 9 nitrogen and oxygen atoms in total. The number of benzene rings is 1. The molecule has 0 fully saturated rings. The van der Waals surface area contributed by atoms with E-state index in [0.29, 0.717) is 11.6 Å². The smallest absolute Gasteiger partial charge is 0.418 e. The molecule has 0 bridgehead atoms. The molecule has 0 saturated carbocycles. The van der Waals surface area contributed by atoms with E-state index in [1.807, 2.05) is 0 Å². The van der Waals surface area contributed by atoms with E-state index in [4.69, 9.17) is 17.0 Å². The third-order valence-electron chi connectivity index (χ3n) is 4.13. The van der Waals surface area contributed by atoms with E-state index in [9.17, 15) is 32.9 Å². The summed E-state index contributed by atoms with van der Waals surface area (Å²) in [6.45, 7) is 1.53. The highest BCUT2D eigenvalue weighted by molar-refractivity contribution is 7.80. The van der Waals surface area contributed by atoms with Gasteiger partial charge in [-0.3, -0.25) is 14.9 Å². The van der Waals surface area contributed by atoms with Crippen LogP contribution in [0, 0.1) is 17.0 Å². The van der Waals surface area contributed by atoms with Crippen molar-refractivity contribution in [2.75, 3.05) is 31.8 Å². The maximum Gasteiger partial charge on any atom is 0.418 e. The first kappa shape index (κ1) is 25.0. The van der Waals surface area contributed by atoms with Crippen LogP contribution in [-0.2, 0) is 10.9 Å². The third-order valence-corrected chi connectivity index (χ3v) is 5.53. The van der Waals surface area contributed by atoms with Gasteiger partial charge >= 0.3 is 12.1 Å². The number of nitro groups is 1. The van der Waals surface area contributed by atoms with Crippen molar-refractivity contribution in [1.82, 2.24) is 4.90 Å². The summed E-state index contributed by atoms with van der Waals surface area (Å²) in [5, 5.41) is 15.5. The number of carbonyl (C=O) groups is 2. The molecule has 2 aromatic rings. The molecule has 32 heavy (non-hydrogen) atoms. The average Bonchev–Trinajstić information content (AvgIpc) is 3.01. The van der Waals surface area contributed by atoms with Gasteiger partial charge in [-0.2, -0.15) is 13.2 Å². The second kappa shape index (κ2) is 9.48. The summed E-state index contributed by atoms with van der Waals surface area (Å²) in [5.41, 5.74) is -2.24. The quantitative estimate of drug-likeness (QED) is 0.276. The Balaban J connectivity index is 2.42. The summed E-state index contributed by atoms with van der Waals surface area (Å²) in [6.07, 6.45) is -4.90. The largest absolute Gasteiger partial charge is 0.465 e. The van der Waals surface area contributed by atoms with Gasteiger partial charge in [0, 0.05) is 26.2 Å². The van der Waals surface area contributed by atoms with Crippen LogP contribution in [0.3, 0.4) is 0 Å². The zero-order chi connectivity index (χ0) is 24.4. The van der Waals surface area contributed by atoms with Crippen LogP contribution in [0.15, 0.2) is 18.2 Å². The molecule has 0 aliphatic heterocycles. The molecule has 14 heteroatoms. The maximum absolute atomic E-state index is 13.4. The number of anilines is 2. The molecule has 0 radical (unpaired) electrons. The second-order valence-electron chi connectivity index (χ2n) is 6.52. The molecule has 1 aromatic heterocycles. The lowest BCUT2D eigenvalue weighted by molar-refractivity contribution is -0.385. The molecule has 1 amide bonds. The number of carbonyl (C=O) groups excluding carboxylic acids is 2. The van der Waals surface area contributed by atoms with Crippen molar-refractivity contribution < 1.29 is 32.4 Å². The molecular weight excluding hydrogens is 473 g/mol. The molecule has 1 heterocycles. The number of rotatable bonds is 5. The molecule has 2 rings (SSSR count). The molecule has 0 unspecified atom stereocenters. The van der Waals surface area contributed by atoms with Crippen molar-refractivity contribution >= 4 is 56.9 Å². The van der Waals surface area contributed by atoms with Gasteiger partial charge in [-0.15, -0.1) is 11.3 Å². The topological polar surface area (TPSA) is 114 Å². The van der Waals surface area contributed by atoms with Gasteiger partial charge in [0.25, 0.3) is 11.6 Å². The number of thiocarbonyl (C=S) groups is 1. The summed E-state index contributed by atoms with van der Waals surface area (Å²) >= 11 is 5.95. The van der Waals surface area contributed by atoms with Gasteiger partial charge in [0.2, 0.25) is 0 Å². The van der Waals surface area contributed by atoms with Gasteiger partial charge in [0.1, 0.15) is 5.00 Å². The Bertz CT molecular complexity index is 1100. The predicted molar refractivity (Wildman–Crippen MR) is 116 cm³/mol. The van der Waals surface area contributed by atoms with Crippen LogP contribution in [0.1, 0.15) is 31.2 Å². The van der Waals surface area contributed by atoms with E-state index in [-0.39, 0.29) is 26.5 Å². The van der Waals surface area contributed by atoms with E-state index in [0.717, 1.165) is 30.6 Å². The Labute approximate surface area is 189 Å². The number of methoxy groups -OCH3 is 1. The summed E-state index contributed by atoms with van der Waals surface area (Å²) in [7, 11) is 4.18. The van der Waals surface area contributed by atoms with Gasteiger partial charge < -0.3 is 20.3 Å². The molecule has 172 valence electrons. The first-order valence-electron chi connectivity index (χ1n) is 8.64. The molecular formula is C18H17F3N4O5S2. The van der Waals surface area contributed by atoms with Crippen LogP contribution >= 0.6 is 23.6 Å². The number of nitrogens with zero attached hydrogens (tertiary/aromatic N) is 2. The molecule has 1 aromatic carbocycles. The van der Waals surface area contributed by atoms with Gasteiger partial charge in [-0.1, -0.05) is 0 Å². The lowest BCUT2D eigenvalue weighted by Gasteiger charge is -2.15. The van der Waals surface area contributed by atoms with Crippen LogP contribution < -0.4 is 10.6 Å². The molecule has 2 N–H and O–H groups in total. The SMILES string of the molecule is COC(=O)c1c(NC(=S)Nc2ccc([N+](=O)[O-])cc2C(F)(F)F)sc(C(=O)N(C)C)c1C. The Morgan fingerprint density at radius 1 is 1.25 bits per heavy atom. The van der Waals surface area contributed by atoms with Crippen LogP contribution in [0.25, 0.3) is 0 Å². The zero-order valence-corrected chi connectivity index (χ0v) is 18.8. The minimum absolute atomic E-state index is 0.00611. The lowest BCUT2D eigenvalue weighted by atomic mass is 10.1. The Hall–Kier alpha value is -3.26. The van der Waals surface area contributed by atoms with Crippen LogP contribution in [0.2, 0.25) is 0 Å². The molecule has 0 aliphatic carbocycles. The standard InChI is InChI=1S/C18H17F3N4O5S2/c1-8-12(16(27)30-4)14(32-13(8)15(26)24(2)3)23-17(31)22-11-6-5-9(25(28)29)7-10(11)18(19,20)21/h5-7H,1-4H3,(H2,22,23,31). The van der Waals surface area contributed by atoms with Crippen molar-refractivity contribution in [3.8, 4) is 0 Å². The number of nitro benzene ring substituents is 1. The fourth-order valence-electron chi connectivity index (χ4n) is 2.60. The van der Waals surface area contributed by atoms with E-state index >= 15 is 0 Å². The van der Waals surface area contributed by atoms with Crippen molar-refractivity contribution in [2.45, 2.75) is 13.1 Å². The number of hydrogen-bond donors (Lipinski definition) is 2. The normalized spacial score (nSPS) is 11.0. The highest BCUT2D eigenvalue weighted by Gasteiger charge is 2.35. The average molecular weight is 490 g/mol. The van der Waals surface area contributed by atoms with Crippen LogP contribution in [-0.4, -0.2) is 48.0 Å². The number of hydrogen-bond acceptors (Lipinski definition) is 7. The number of thiophene rings is 1. The minimum Gasteiger partial charge on any atom is -0.465 e. The molecule has 0 spiro atoms. The van der Waals surface area contributed by atoms with Crippen molar-refractivity contribution in [2.24, 2.45) is 0 Å². The predicted octanol–water partition coefficient (Wildman–Crippen LogP) is 4.28. The number of non-ortho nitro benzene ring substituents is 1. The van der Waals surface area contributed by atoms with E-state index in [1.54, 1.807) is 0 Å². The summed E-state index contributed by atoms with van der Waals surface area (Å²) in [5.74, 6) is -1.16. The van der Waals surface area contributed by atoms with E-state index < -0.39 is 34.0 Å². The number of esters is 1. The van der Waals surface area contributed by atoms with Crippen molar-refractivity contribution in [3.63, 3.8) is 0 Å². The lowest BCUT2D eigenvalue weighted by Crippen LogP contribution is -2.22. The van der Waals surface area contributed by atoms with Gasteiger partial charge in [-0.25, -0.2) is 4.79 Å². The Morgan fingerprint density at radius 3 is 2.38 bits per heavy atom. The van der Waals surface area contributed by atoms with Gasteiger partial charge in [0.15, 0.2) is 5.11 Å². The number of nitrogens with one attached hydrogen (secondary N) is 2. The summed E-state index contributed by atoms with van der Waals surface area (Å²) in [4.78, 5) is 36.0. The van der Waals surface area contributed by atoms with Gasteiger partial charge in [-0.05, 0) is 30.8 Å². The Kier molecular flexibility index (Phi) is 7.41.